The number of benzene rings is 1. The molecule has 0 saturated carbocycles. The Morgan fingerprint density at radius 2 is 2.19 bits per heavy atom. The maximum atomic E-state index is 16.0. The second kappa shape index (κ2) is 9.18. The molecular formula is C23H25FN7O5P. The molecule has 0 radical (unpaired) electrons. The minimum Gasteiger partial charge on any atom is -0.387 e. The number of nitrogen functional groups attached to an aromatic ring is 1. The molecule has 1 aromatic carbocycles. The number of nitrogens with zero attached hydrogens (tertiary/aromatic N) is 4. The second-order valence-corrected chi connectivity index (χ2v) is 10.6. The van der Waals surface area contributed by atoms with Crippen LogP contribution in [0.15, 0.2) is 48.9 Å². The number of aromatic nitrogens is 4. The third kappa shape index (κ3) is 4.18. The van der Waals surface area contributed by atoms with Gasteiger partial charge in [0.2, 0.25) is 5.60 Å². The summed E-state index contributed by atoms with van der Waals surface area (Å²) < 4.78 is 40.6. The number of rotatable bonds is 8. The molecule has 12 nitrogen and oxygen atoms in total. The van der Waals surface area contributed by atoms with E-state index >= 15 is 4.39 Å². The number of hydrogen-bond donors (Lipinski definition) is 5. The minimum absolute atomic E-state index is 0.0188. The van der Waals surface area contributed by atoms with Crippen molar-refractivity contribution in [3.63, 3.8) is 0 Å². The molecule has 6 N–H and O–H groups in total. The summed E-state index contributed by atoms with van der Waals surface area (Å²) in [5.41, 5.74) is 3.10. The summed E-state index contributed by atoms with van der Waals surface area (Å²) in [7, 11) is -4.35. The zero-order valence-corrected chi connectivity index (χ0v) is 20.6. The van der Waals surface area contributed by atoms with Crippen LogP contribution in [-0.2, 0) is 25.8 Å². The quantitative estimate of drug-likeness (QED) is 0.211. The number of ether oxygens (including phenoxy) is 1. The minimum atomic E-state index is -4.35. The lowest BCUT2D eigenvalue weighted by atomic mass is 9.82. The lowest BCUT2D eigenvalue weighted by molar-refractivity contribution is -0.0703. The van der Waals surface area contributed by atoms with Crippen molar-refractivity contribution in [1.29, 1.82) is 5.26 Å². The standard InChI is InChI=1S/C23H25FN7O5P/c1-22(24)20(32)18(36-23(22,12-25)19-7-6-17-21(26)28-13-29-31(17)19)11-35-37(33,34)30-9-8-14-10-27-16-5-3-2-4-15(14)16/h2-7,10,13,18,20,27,32H,8-9,11H2,1H3,(H2,26,28,29)(H2,30,33,34)/t18-,20-,22-,23+/m1/s1. The topological polar surface area (TPSA) is 184 Å². The van der Waals surface area contributed by atoms with Crippen molar-refractivity contribution < 1.29 is 28.2 Å². The highest BCUT2D eigenvalue weighted by Gasteiger charge is 2.67. The summed E-state index contributed by atoms with van der Waals surface area (Å²) >= 11 is 0. The fourth-order valence-electron chi connectivity index (χ4n) is 4.70. The van der Waals surface area contributed by atoms with Gasteiger partial charge in [-0.3, -0.25) is 4.52 Å². The van der Waals surface area contributed by atoms with E-state index in [1.165, 1.54) is 16.6 Å². The van der Waals surface area contributed by atoms with Crippen LogP contribution < -0.4 is 10.8 Å². The highest BCUT2D eigenvalue weighted by molar-refractivity contribution is 7.50. The Morgan fingerprint density at radius 3 is 2.97 bits per heavy atom. The average Bonchev–Trinajstić information content (AvgIpc) is 3.54. The van der Waals surface area contributed by atoms with E-state index in [1.54, 1.807) is 0 Å². The van der Waals surface area contributed by atoms with E-state index < -0.39 is 37.8 Å². The SMILES string of the molecule is C[C@@]1(F)[C@H](O)[C@@H](COP(=O)(O)NCCc2c[nH]c3ccccc23)O[C@@]1(C#N)c1ccc2c(N)ncnn12. The number of nitriles is 1. The van der Waals surface area contributed by atoms with Crippen LogP contribution in [0.5, 0.6) is 0 Å². The molecule has 0 spiro atoms. The Hall–Kier alpha value is -3.37. The van der Waals surface area contributed by atoms with Crippen LogP contribution in [-0.4, -0.2) is 60.6 Å². The van der Waals surface area contributed by atoms with Crippen molar-refractivity contribution in [3.8, 4) is 6.07 Å². The normalized spacial score (nSPS) is 27.4. The molecule has 1 unspecified atom stereocenters. The molecule has 1 aliphatic rings. The highest BCUT2D eigenvalue weighted by Crippen LogP contribution is 2.50. The van der Waals surface area contributed by atoms with Gasteiger partial charge in [-0.05, 0) is 37.1 Å². The van der Waals surface area contributed by atoms with Gasteiger partial charge in [-0.15, -0.1) is 0 Å². The van der Waals surface area contributed by atoms with Gasteiger partial charge in [0.05, 0.1) is 12.3 Å². The summed E-state index contributed by atoms with van der Waals surface area (Å²) in [5.74, 6) is 0.105. The number of anilines is 1. The van der Waals surface area contributed by atoms with Crippen molar-refractivity contribution in [2.75, 3.05) is 18.9 Å². The van der Waals surface area contributed by atoms with Crippen molar-refractivity contribution in [1.82, 2.24) is 24.7 Å². The third-order valence-electron chi connectivity index (χ3n) is 6.72. The van der Waals surface area contributed by atoms with E-state index in [0.717, 1.165) is 29.7 Å². The van der Waals surface area contributed by atoms with E-state index in [9.17, 15) is 19.8 Å². The molecule has 1 aliphatic heterocycles. The number of aliphatic hydroxyl groups excluding tert-OH is 1. The van der Waals surface area contributed by atoms with E-state index in [0.29, 0.717) is 11.9 Å². The second-order valence-electron chi connectivity index (χ2n) is 8.96. The third-order valence-corrected chi connectivity index (χ3v) is 7.84. The molecule has 194 valence electrons. The number of alkyl halides is 1. The summed E-state index contributed by atoms with van der Waals surface area (Å²) in [6, 6.07) is 12.4. The smallest absolute Gasteiger partial charge is 0.387 e. The first kappa shape index (κ1) is 25.3. The van der Waals surface area contributed by atoms with Gasteiger partial charge in [0.15, 0.2) is 11.5 Å². The molecule has 1 saturated heterocycles. The maximum absolute atomic E-state index is 16.0. The van der Waals surface area contributed by atoms with Crippen LogP contribution >= 0.6 is 7.75 Å². The van der Waals surface area contributed by atoms with Crippen molar-refractivity contribution in [2.45, 2.75) is 36.8 Å². The van der Waals surface area contributed by atoms with Gasteiger partial charge in [-0.2, -0.15) is 10.4 Å². The number of H-pyrrole nitrogens is 1. The van der Waals surface area contributed by atoms with Crippen LogP contribution in [0.4, 0.5) is 10.2 Å². The molecular weight excluding hydrogens is 504 g/mol. The fourth-order valence-corrected chi connectivity index (χ4v) is 5.54. The molecule has 1 fully saturated rings. The van der Waals surface area contributed by atoms with Gasteiger partial charge in [0.25, 0.3) is 0 Å². The lowest BCUT2D eigenvalue weighted by Crippen LogP contribution is -2.48. The zero-order valence-electron chi connectivity index (χ0n) is 19.7. The van der Waals surface area contributed by atoms with Crippen molar-refractivity contribution in [2.24, 2.45) is 0 Å². The van der Waals surface area contributed by atoms with E-state index in [2.05, 4.69) is 20.2 Å². The summed E-state index contributed by atoms with van der Waals surface area (Å²) in [4.78, 5) is 17.3. The Morgan fingerprint density at radius 1 is 1.41 bits per heavy atom. The number of hydrogen-bond acceptors (Lipinski definition) is 8. The molecule has 4 aromatic rings. The van der Waals surface area contributed by atoms with Gasteiger partial charge in [-0.1, -0.05) is 18.2 Å². The molecule has 0 aliphatic carbocycles. The average molecular weight is 529 g/mol. The van der Waals surface area contributed by atoms with Gasteiger partial charge >= 0.3 is 7.75 Å². The fraction of sp³-hybridized carbons (Fsp3) is 0.348. The number of aromatic amines is 1. The first-order valence-electron chi connectivity index (χ1n) is 11.4. The number of halogens is 1. The van der Waals surface area contributed by atoms with Gasteiger partial charge in [-0.25, -0.2) is 23.5 Å². The predicted molar refractivity (Wildman–Crippen MR) is 131 cm³/mol. The number of nitrogens with two attached hydrogens (primary N) is 1. The maximum Gasteiger partial charge on any atom is 0.403 e. The van der Waals surface area contributed by atoms with Crippen LogP contribution in [0, 0.1) is 11.3 Å². The van der Waals surface area contributed by atoms with E-state index in [4.69, 9.17) is 15.0 Å². The molecule has 4 heterocycles. The number of aliphatic hydroxyl groups is 1. The Kier molecular flexibility index (Phi) is 6.27. The van der Waals surface area contributed by atoms with Crippen LogP contribution in [0.25, 0.3) is 16.4 Å². The van der Waals surface area contributed by atoms with Gasteiger partial charge < -0.3 is 25.5 Å². The molecule has 14 heteroatoms. The molecule has 3 aromatic heterocycles. The van der Waals surface area contributed by atoms with Crippen molar-refractivity contribution >= 4 is 30.0 Å². The number of nitrogens with one attached hydrogen (secondary N) is 2. The highest BCUT2D eigenvalue weighted by atomic mass is 31.2. The first-order valence-corrected chi connectivity index (χ1v) is 13.0. The Balaban J connectivity index is 1.28. The monoisotopic (exact) mass is 529 g/mol. The summed E-state index contributed by atoms with van der Waals surface area (Å²) in [6.45, 7) is 0.477. The van der Waals surface area contributed by atoms with E-state index in [1.807, 2.05) is 36.5 Å². The first-order chi connectivity index (χ1) is 17.6. The summed E-state index contributed by atoms with van der Waals surface area (Å²) in [6.07, 6.45) is 0.111. The molecule has 0 bridgehead atoms. The summed E-state index contributed by atoms with van der Waals surface area (Å²) in [5, 5.41) is 28.2. The van der Waals surface area contributed by atoms with Gasteiger partial charge in [0.1, 0.15) is 30.1 Å². The Labute approximate surface area is 210 Å². The number of para-hydroxylation sites is 1. The van der Waals surface area contributed by atoms with Crippen LogP contribution in [0.3, 0.4) is 0 Å². The molecule has 5 rings (SSSR count). The van der Waals surface area contributed by atoms with Crippen LogP contribution in [0.2, 0.25) is 0 Å². The largest absolute Gasteiger partial charge is 0.403 e. The molecule has 0 amide bonds. The Bertz CT molecular complexity index is 1550. The van der Waals surface area contributed by atoms with Crippen molar-refractivity contribution in [3.05, 3.63) is 60.2 Å². The van der Waals surface area contributed by atoms with Crippen LogP contribution in [0.1, 0.15) is 18.2 Å². The molecule has 5 atom stereocenters. The van der Waals surface area contributed by atoms with Gasteiger partial charge in [0, 0.05) is 23.6 Å². The predicted octanol–water partition coefficient (Wildman–Crippen LogP) is 1.95. The molecule has 37 heavy (non-hydrogen) atoms. The van der Waals surface area contributed by atoms with E-state index in [-0.39, 0.29) is 18.1 Å². The lowest BCUT2D eigenvalue weighted by Gasteiger charge is -2.30. The number of fused-ring (bicyclic) bond motifs is 2. The zero-order chi connectivity index (χ0) is 26.4.